The lowest BCUT2D eigenvalue weighted by atomic mass is 10.1. The van der Waals surface area contributed by atoms with Crippen molar-refractivity contribution in [2.75, 3.05) is 5.32 Å². The SMILES string of the molecule is Cn1cc(CNc2ccc(F)cc2[N+](=O)[O-])c(-c2ccccc2)n1. The highest BCUT2D eigenvalue weighted by atomic mass is 19.1. The molecule has 2 aromatic carbocycles. The van der Waals surface area contributed by atoms with Crippen molar-refractivity contribution in [3.63, 3.8) is 0 Å². The molecule has 6 nitrogen and oxygen atoms in total. The highest BCUT2D eigenvalue weighted by molar-refractivity contribution is 5.65. The van der Waals surface area contributed by atoms with Gasteiger partial charge < -0.3 is 5.32 Å². The molecule has 0 saturated heterocycles. The Morgan fingerprint density at radius 2 is 2.00 bits per heavy atom. The number of nitrogens with one attached hydrogen (secondary N) is 1. The molecular weight excluding hydrogens is 311 g/mol. The highest BCUT2D eigenvalue weighted by Crippen LogP contribution is 2.27. The third kappa shape index (κ3) is 3.24. The van der Waals surface area contributed by atoms with Crippen LogP contribution in [0.15, 0.2) is 54.7 Å². The minimum Gasteiger partial charge on any atom is -0.375 e. The molecule has 0 spiro atoms. The first kappa shape index (κ1) is 15.7. The van der Waals surface area contributed by atoms with Crippen LogP contribution < -0.4 is 5.32 Å². The van der Waals surface area contributed by atoms with Crippen LogP contribution in [0, 0.1) is 15.9 Å². The molecule has 3 rings (SSSR count). The van der Waals surface area contributed by atoms with Crippen LogP contribution in [0.4, 0.5) is 15.8 Å². The minimum atomic E-state index is -0.640. The zero-order chi connectivity index (χ0) is 17.1. The van der Waals surface area contributed by atoms with E-state index in [1.165, 1.54) is 12.1 Å². The number of hydrogen-bond donors (Lipinski definition) is 1. The van der Waals surface area contributed by atoms with Crippen LogP contribution in [-0.2, 0) is 13.6 Å². The van der Waals surface area contributed by atoms with Crippen molar-refractivity contribution < 1.29 is 9.31 Å². The number of nitro groups is 1. The Labute approximate surface area is 137 Å². The average Bonchev–Trinajstić information content (AvgIpc) is 2.95. The molecule has 1 aromatic heterocycles. The van der Waals surface area contributed by atoms with Gasteiger partial charge in [0.1, 0.15) is 11.5 Å². The zero-order valence-electron chi connectivity index (χ0n) is 12.9. The molecule has 0 fully saturated rings. The first-order valence-corrected chi connectivity index (χ1v) is 7.30. The standard InChI is InChI=1S/C17H15FN4O2/c1-21-11-13(17(20-21)12-5-3-2-4-6-12)10-19-15-8-7-14(18)9-16(15)22(23)24/h2-9,11,19H,10H2,1H3. The third-order valence-electron chi connectivity index (χ3n) is 3.58. The number of aryl methyl sites for hydroxylation is 1. The molecule has 24 heavy (non-hydrogen) atoms. The maximum Gasteiger partial charge on any atom is 0.295 e. The Bertz CT molecular complexity index is 878. The van der Waals surface area contributed by atoms with Crippen LogP contribution in [0.2, 0.25) is 0 Å². The van der Waals surface area contributed by atoms with Gasteiger partial charge in [0, 0.05) is 30.9 Å². The van der Waals surface area contributed by atoms with Crippen molar-refractivity contribution >= 4 is 11.4 Å². The summed E-state index contributed by atoms with van der Waals surface area (Å²) < 4.78 is 14.9. The zero-order valence-corrected chi connectivity index (χ0v) is 12.9. The highest BCUT2D eigenvalue weighted by Gasteiger charge is 2.16. The van der Waals surface area contributed by atoms with E-state index in [-0.39, 0.29) is 11.4 Å². The Kier molecular flexibility index (Phi) is 4.24. The van der Waals surface area contributed by atoms with Gasteiger partial charge in [-0.25, -0.2) is 4.39 Å². The molecule has 0 bridgehead atoms. The summed E-state index contributed by atoms with van der Waals surface area (Å²) in [6.07, 6.45) is 1.85. The van der Waals surface area contributed by atoms with Crippen molar-refractivity contribution in [2.45, 2.75) is 6.54 Å². The fourth-order valence-electron chi connectivity index (χ4n) is 2.50. The quantitative estimate of drug-likeness (QED) is 0.572. The van der Waals surface area contributed by atoms with E-state index in [4.69, 9.17) is 0 Å². The summed E-state index contributed by atoms with van der Waals surface area (Å²) in [4.78, 5) is 10.5. The van der Waals surface area contributed by atoms with E-state index in [0.29, 0.717) is 6.54 Å². The van der Waals surface area contributed by atoms with E-state index >= 15 is 0 Å². The summed E-state index contributed by atoms with van der Waals surface area (Å²) in [5.74, 6) is -0.640. The molecule has 0 unspecified atom stereocenters. The summed E-state index contributed by atoms with van der Waals surface area (Å²) in [6.45, 7) is 0.338. The van der Waals surface area contributed by atoms with Crippen LogP contribution in [0.5, 0.6) is 0 Å². The molecule has 3 aromatic rings. The first-order valence-electron chi connectivity index (χ1n) is 7.30. The monoisotopic (exact) mass is 326 g/mol. The van der Waals surface area contributed by atoms with Crippen LogP contribution in [0.25, 0.3) is 11.3 Å². The Hall–Kier alpha value is -3.22. The van der Waals surface area contributed by atoms with E-state index in [1.54, 1.807) is 4.68 Å². The van der Waals surface area contributed by atoms with Gasteiger partial charge in [0.15, 0.2) is 0 Å². The molecule has 7 heteroatoms. The van der Waals surface area contributed by atoms with Crippen LogP contribution in [-0.4, -0.2) is 14.7 Å². The second-order valence-corrected chi connectivity index (χ2v) is 5.31. The summed E-state index contributed by atoms with van der Waals surface area (Å²) in [7, 11) is 1.82. The summed E-state index contributed by atoms with van der Waals surface area (Å²) in [5.41, 5.74) is 2.63. The molecule has 0 aliphatic carbocycles. The van der Waals surface area contributed by atoms with E-state index in [1.807, 2.05) is 43.6 Å². The Morgan fingerprint density at radius 1 is 1.25 bits per heavy atom. The molecule has 0 saturated carbocycles. The predicted molar refractivity (Wildman–Crippen MR) is 89.0 cm³/mol. The average molecular weight is 326 g/mol. The molecule has 0 radical (unpaired) electrons. The van der Waals surface area contributed by atoms with Gasteiger partial charge in [-0.3, -0.25) is 14.8 Å². The van der Waals surface area contributed by atoms with Gasteiger partial charge in [0.2, 0.25) is 0 Å². The van der Waals surface area contributed by atoms with Crippen molar-refractivity contribution in [2.24, 2.45) is 7.05 Å². The smallest absolute Gasteiger partial charge is 0.295 e. The Morgan fingerprint density at radius 3 is 2.71 bits per heavy atom. The fraction of sp³-hybridized carbons (Fsp3) is 0.118. The molecule has 0 aliphatic heterocycles. The number of halogens is 1. The second-order valence-electron chi connectivity index (χ2n) is 5.31. The third-order valence-corrected chi connectivity index (χ3v) is 3.58. The summed E-state index contributed by atoms with van der Waals surface area (Å²) >= 11 is 0. The predicted octanol–water partition coefficient (Wildman–Crippen LogP) is 3.75. The van der Waals surface area contributed by atoms with Gasteiger partial charge in [-0.15, -0.1) is 0 Å². The first-order chi connectivity index (χ1) is 11.5. The lowest BCUT2D eigenvalue weighted by Gasteiger charge is -2.07. The lowest BCUT2D eigenvalue weighted by Crippen LogP contribution is -2.03. The van der Waals surface area contributed by atoms with E-state index in [2.05, 4.69) is 10.4 Å². The molecule has 0 amide bonds. The van der Waals surface area contributed by atoms with E-state index in [9.17, 15) is 14.5 Å². The van der Waals surface area contributed by atoms with Crippen molar-refractivity contribution in [1.82, 2.24) is 9.78 Å². The van der Waals surface area contributed by atoms with Gasteiger partial charge in [0.25, 0.3) is 5.69 Å². The normalized spacial score (nSPS) is 10.6. The van der Waals surface area contributed by atoms with Gasteiger partial charge in [0.05, 0.1) is 16.7 Å². The number of nitro benzene ring substituents is 1. The number of aromatic nitrogens is 2. The number of nitrogens with zero attached hydrogens (tertiary/aromatic N) is 3. The number of anilines is 1. The summed E-state index contributed by atoms with van der Waals surface area (Å²) in [6, 6.07) is 13.1. The fourth-order valence-corrected chi connectivity index (χ4v) is 2.50. The van der Waals surface area contributed by atoms with Crippen LogP contribution >= 0.6 is 0 Å². The van der Waals surface area contributed by atoms with Crippen molar-refractivity contribution in [1.29, 1.82) is 0 Å². The van der Waals surface area contributed by atoms with Crippen molar-refractivity contribution in [3.8, 4) is 11.3 Å². The molecule has 0 aliphatic rings. The minimum absolute atomic E-state index is 0.268. The molecular formula is C17H15FN4O2. The van der Waals surface area contributed by atoms with Crippen LogP contribution in [0.1, 0.15) is 5.56 Å². The summed E-state index contributed by atoms with van der Waals surface area (Å²) in [5, 5.41) is 18.5. The lowest BCUT2D eigenvalue weighted by molar-refractivity contribution is -0.384. The van der Waals surface area contributed by atoms with E-state index < -0.39 is 10.7 Å². The topological polar surface area (TPSA) is 73.0 Å². The number of rotatable bonds is 5. The van der Waals surface area contributed by atoms with Gasteiger partial charge in [-0.2, -0.15) is 5.10 Å². The van der Waals surface area contributed by atoms with Crippen molar-refractivity contribution in [3.05, 3.63) is 76.2 Å². The Balaban J connectivity index is 1.88. The number of hydrogen-bond acceptors (Lipinski definition) is 4. The van der Waals surface area contributed by atoms with Gasteiger partial charge in [-0.1, -0.05) is 30.3 Å². The molecule has 1 heterocycles. The molecule has 122 valence electrons. The maximum atomic E-state index is 13.2. The van der Waals surface area contributed by atoms with E-state index in [0.717, 1.165) is 22.9 Å². The maximum absolute atomic E-state index is 13.2. The van der Waals surface area contributed by atoms with Gasteiger partial charge in [-0.05, 0) is 12.1 Å². The molecule has 1 N–H and O–H groups in total. The largest absolute Gasteiger partial charge is 0.375 e. The molecule has 0 atom stereocenters. The second kappa shape index (κ2) is 6.49. The van der Waals surface area contributed by atoms with Crippen LogP contribution in [0.3, 0.4) is 0 Å². The number of benzene rings is 2. The van der Waals surface area contributed by atoms with Gasteiger partial charge >= 0.3 is 0 Å².